The Morgan fingerprint density at radius 1 is 1.16 bits per heavy atom. The standard InChI is InChI=1S/C20H27N3O6S3/c1-5-32(27,28)18-13-21-20(30-18)23-10-8-22(9-11-23)19(24)16-12-15(31(4,25)26)6-7-17(16)29-14(2)3/h6-7,12-14H,5,8-11H2,1-4H3. The minimum Gasteiger partial charge on any atom is -0.490 e. The summed E-state index contributed by atoms with van der Waals surface area (Å²) in [7, 11) is -6.79. The molecule has 0 spiro atoms. The minimum absolute atomic E-state index is 0.0181. The molecule has 1 aromatic heterocycles. The molecule has 0 N–H and O–H groups in total. The number of thiazole rings is 1. The number of carbonyl (C=O) groups is 1. The third-order valence-corrected chi connectivity index (χ3v) is 9.42. The summed E-state index contributed by atoms with van der Waals surface area (Å²) in [5.74, 6) is 0.0536. The van der Waals surface area contributed by atoms with Crippen molar-refractivity contribution in [3.8, 4) is 5.75 Å². The van der Waals surface area contributed by atoms with E-state index < -0.39 is 19.7 Å². The summed E-state index contributed by atoms with van der Waals surface area (Å²) in [4.78, 5) is 21.1. The maximum absolute atomic E-state index is 13.2. The van der Waals surface area contributed by atoms with Crippen LogP contribution in [0.1, 0.15) is 31.1 Å². The number of hydrogen-bond donors (Lipinski definition) is 0. The van der Waals surface area contributed by atoms with E-state index in [0.717, 1.165) is 17.6 Å². The molecule has 0 radical (unpaired) electrons. The fourth-order valence-corrected chi connectivity index (χ4v) is 6.15. The van der Waals surface area contributed by atoms with Crippen molar-refractivity contribution in [3.05, 3.63) is 30.0 Å². The summed E-state index contributed by atoms with van der Waals surface area (Å²) in [6.45, 7) is 7.00. The van der Waals surface area contributed by atoms with Crippen LogP contribution in [0.4, 0.5) is 5.13 Å². The van der Waals surface area contributed by atoms with Crippen LogP contribution in [0.2, 0.25) is 0 Å². The van der Waals surface area contributed by atoms with E-state index in [-0.39, 0.29) is 32.4 Å². The van der Waals surface area contributed by atoms with E-state index in [0.29, 0.717) is 37.1 Å². The fourth-order valence-electron chi connectivity index (χ4n) is 3.22. The van der Waals surface area contributed by atoms with E-state index in [9.17, 15) is 21.6 Å². The highest BCUT2D eigenvalue weighted by Gasteiger charge is 2.28. The Labute approximate surface area is 192 Å². The van der Waals surface area contributed by atoms with Crippen molar-refractivity contribution in [2.75, 3.05) is 43.1 Å². The lowest BCUT2D eigenvalue weighted by Gasteiger charge is -2.35. The number of anilines is 1. The van der Waals surface area contributed by atoms with Crippen LogP contribution >= 0.6 is 11.3 Å². The molecular formula is C20H27N3O6S3. The molecule has 176 valence electrons. The summed E-state index contributed by atoms with van der Waals surface area (Å²) in [6, 6.07) is 4.32. The molecule has 0 unspecified atom stereocenters. The van der Waals surface area contributed by atoms with Gasteiger partial charge in [0, 0.05) is 32.4 Å². The Kier molecular flexibility index (Phi) is 7.15. The van der Waals surface area contributed by atoms with Crippen molar-refractivity contribution in [1.82, 2.24) is 9.88 Å². The highest BCUT2D eigenvalue weighted by molar-refractivity contribution is 7.93. The lowest BCUT2D eigenvalue weighted by Crippen LogP contribution is -2.48. The topological polar surface area (TPSA) is 114 Å². The predicted octanol–water partition coefficient (Wildman–Crippen LogP) is 2.09. The monoisotopic (exact) mass is 501 g/mol. The highest BCUT2D eigenvalue weighted by Crippen LogP contribution is 2.29. The minimum atomic E-state index is -3.48. The number of nitrogens with zero attached hydrogens (tertiary/aromatic N) is 3. The summed E-state index contributed by atoms with van der Waals surface area (Å²) >= 11 is 1.13. The molecule has 1 amide bonds. The Bertz CT molecular complexity index is 1200. The maximum atomic E-state index is 13.2. The van der Waals surface area contributed by atoms with Crippen LogP contribution in [0.25, 0.3) is 0 Å². The van der Waals surface area contributed by atoms with E-state index in [1.54, 1.807) is 11.8 Å². The van der Waals surface area contributed by atoms with Gasteiger partial charge in [0.25, 0.3) is 5.91 Å². The van der Waals surface area contributed by atoms with Gasteiger partial charge in [-0.1, -0.05) is 18.3 Å². The van der Waals surface area contributed by atoms with Crippen molar-refractivity contribution in [2.45, 2.75) is 36.0 Å². The summed E-state index contributed by atoms with van der Waals surface area (Å²) in [6.07, 6.45) is 2.29. The number of carbonyl (C=O) groups excluding carboxylic acids is 1. The summed E-state index contributed by atoms with van der Waals surface area (Å²) in [5, 5.41) is 0.604. The number of ether oxygens (including phenoxy) is 1. The molecule has 1 aliphatic heterocycles. The number of piperazine rings is 1. The van der Waals surface area contributed by atoms with Crippen LogP contribution in [-0.4, -0.2) is 76.9 Å². The molecule has 1 aliphatic rings. The van der Waals surface area contributed by atoms with Crippen LogP contribution in [0.3, 0.4) is 0 Å². The van der Waals surface area contributed by atoms with Gasteiger partial charge < -0.3 is 14.5 Å². The first kappa shape index (κ1) is 24.5. The van der Waals surface area contributed by atoms with Crippen LogP contribution in [0.5, 0.6) is 5.75 Å². The van der Waals surface area contributed by atoms with Crippen molar-refractivity contribution >= 4 is 42.1 Å². The average molecular weight is 502 g/mol. The highest BCUT2D eigenvalue weighted by atomic mass is 32.2. The molecule has 2 aromatic rings. The van der Waals surface area contributed by atoms with Crippen molar-refractivity contribution in [1.29, 1.82) is 0 Å². The van der Waals surface area contributed by atoms with Gasteiger partial charge in [-0.05, 0) is 32.0 Å². The zero-order valence-electron chi connectivity index (χ0n) is 18.4. The van der Waals surface area contributed by atoms with Crippen molar-refractivity contribution in [2.24, 2.45) is 0 Å². The van der Waals surface area contributed by atoms with Crippen LogP contribution in [-0.2, 0) is 19.7 Å². The molecule has 0 atom stereocenters. The summed E-state index contributed by atoms with van der Waals surface area (Å²) in [5.41, 5.74) is 0.209. The van der Waals surface area contributed by atoms with Crippen molar-refractivity contribution < 1.29 is 26.4 Å². The zero-order chi connectivity index (χ0) is 23.7. The van der Waals surface area contributed by atoms with Gasteiger partial charge in [0.2, 0.25) is 0 Å². The quantitative estimate of drug-likeness (QED) is 0.567. The molecule has 1 fully saturated rings. The first-order valence-electron chi connectivity index (χ1n) is 10.2. The number of rotatable bonds is 7. The van der Waals surface area contributed by atoms with Gasteiger partial charge in [0.1, 0.15) is 9.96 Å². The zero-order valence-corrected chi connectivity index (χ0v) is 20.9. The molecule has 9 nitrogen and oxygen atoms in total. The molecule has 1 saturated heterocycles. The molecule has 2 heterocycles. The molecule has 0 bridgehead atoms. The second kappa shape index (κ2) is 9.36. The average Bonchev–Trinajstić information content (AvgIpc) is 3.24. The second-order valence-electron chi connectivity index (χ2n) is 7.74. The van der Waals surface area contributed by atoms with Gasteiger partial charge in [-0.15, -0.1) is 0 Å². The molecule has 1 aromatic carbocycles. The first-order valence-corrected chi connectivity index (χ1v) is 14.5. The molecule has 32 heavy (non-hydrogen) atoms. The van der Waals surface area contributed by atoms with Crippen LogP contribution in [0.15, 0.2) is 33.5 Å². The van der Waals surface area contributed by atoms with Crippen molar-refractivity contribution in [3.63, 3.8) is 0 Å². The SMILES string of the molecule is CCS(=O)(=O)c1cnc(N2CCN(C(=O)c3cc(S(C)(=O)=O)ccc3OC(C)C)CC2)s1. The number of hydrogen-bond acceptors (Lipinski definition) is 9. The van der Waals surface area contributed by atoms with E-state index in [2.05, 4.69) is 4.98 Å². The van der Waals surface area contributed by atoms with Gasteiger partial charge in [-0.3, -0.25) is 4.79 Å². The van der Waals surface area contributed by atoms with E-state index in [4.69, 9.17) is 4.74 Å². The van der Waals surface area contributed by atoms with Gasteiger partial charge in [-0.25, -0.2) is 21.8 Å². The fraction of sp³-hybridized carbons (Fsp3) is 0.500. The number of aromatic nitrogens is 1. The van der Waals surface area contributed by atoms with E-state index in [1.165, 1.54) is 24.4 Å². The Hall–Kier alpha value is -2.18. The number of amides is 1. The molecule has 0 saturated carbocycles. The number of sulfone groups is 2. The largest absolute Gasteiger partial charge is 0.490 e. The molecule has 12 heteroatoms. The van der Waals surface area contributed by atoms with Crippen LogP contribution < -0.4 is 9.64 Å². The Morgan fingerprint density at radius 3 is 2.38 bits per heavy atom. The normalized spacial score (nSPS) is 15.3. The van der Waals surface area contributed by atoms with E-state index >= 15 is 0 Å². The maximum Gasteiger partial charge on any atom is 0.257 e. The second-order valence-corrected chi connectivity index (χ2v) is 13.3. The lowest BCUT2D eigenvalue weighted by molar-refractivity contribution is 0.0740. The third kappa shape index (κ3) is 5.41. The molecular weight excluding hydrogens is 474 g/mol. The smallest absolute Gasteiger partial charge is 0.257 e. The van der Waals surface area contributed by atoms with Gasteiger partial charge in [0.05, 0.1) is 28.5 Å². The number of benzene rings is 1. The van der Waals surface area contributed by atoms with E-state index in [1.807, 2.05) is 18.7 Å². The molecule has 0 aliphatic carbocycles. The Morgan fingerprint density at radius 2 is 1.81 bits per heavy atom. The van der Waals surface area contributed by atoms with Gasteiger partial charge in [0.15, 0.2) is 24.8 Å². The first-order chi connectivity index (χ1) is 14.9. The lowest BCUT2D eigenvalue weighted by atomic mass is 10.1. The summed E-state index contributed by atoms with van der Waals surface area (Å²) < 4.78 is 54.1. The Balaban J connectivity index is 1.78. The van der Waals surface area contributed by atoms with Gasteiger partial charge in [-0.2, -0.15) is 0 Å². The predicted molar refractivity (Wildman–Crippen MR) is 123 cm³/mol. The van der Waals surface area contributed by atoms with Gasteiger partial charge >= 0.3 is 0 Å². The molecule has 3 rings (SSSR count). The third-order valence-electron chi connectivity index (χ3n) is 4.97. The van der Waals surface area contributed by atoms with Crippen LogP contribution in [0, 0.1) is 0 Å².